The highest BCUT2D eigenvalue weighted by Crippen LogP contribution is 3.01. The van der Waals surface area contributed by atoms with Gasteiger partial charge in [-0.05, 0) is 54.2 Å². The van der Waals surface area contributed by atoms with Crippen molar-refractivity contribution in [3.63, 3.8) is 0 Å². The number of hydroxylamine groups is 1. The summed E-state index contributed by atoms with van der Waals surface area (Å²) in [5, 5.41) is 3.92. The molecule has 6 rings (SSSR count). The Hall–Kier alpha value is -5.37. The highest BCUT2D eigenvalue weighted by Gasteiger charge is 3.06. The molecule has 0 radical (unpaired) electrons. The average molecular weight is 828 g/mol. The number of unbranched alkanes of at least 4 members (excludes halogenated alkanes) is 2. The Kier molecular flexibility index (Phi) is 12.8. The molecule has 3 fully saturated rings. The molecule has 3 N–H and O–H groups in total. The van der Waals surface area contributed by atoms with E-state index in [4.69, 9.17) is 48.3 Å². The van der Waals surface area contributed by atoms with E-state index in [9.17, 15) is 29.3 Å². The number of aromatic nitrogens is 2. The number of fused-ring (bicyclic) bond motifs is 1. The Morgan fingerprint density at radius 3 is 2.24 bits per heavy atom. The molecule has 4 heterocycles. The number of carbonyl (C=O) groups is 3. The van der Waals surface area contributed by atoms with Crippen LogP contribution >= 0.6 is 7.60 Å². The molecule has 6 atom stereocenters. The van der Waals surface area contributed by atoms with Crippen molar-refractivity contribution in [2.45, 2.75) is 107 Å². The first-order valence-corrected chi connectivity index (χ1v) is 20.0. The number of azide groups is 1. The maximum atomic E-state index is 13.8. The van der Waals surface area contributed by atoms with E-state index in [0.29, 0.717) is 31.2 Å². The number of hydrogen-bond acceptors (Lipinski definition) is 18. The maximum absolute atomic E-state index is 13.8. The predicted octanol–water partition coefficient (Wildman–Crippen LogP) is 4.83. The van der Waals surface area contributed by atoms with Crippen LogP contribution in [0.5, 0.6) is 5.75 Å². The lowest BCUT2D eigenvalue weighted by Gasteiger charge is -2.43. The van der Waals surface area contributed by atoms with Crippen molar-refractivity contribution < 1.29 is 61.6 Å². The van der Waals surface area contributed by atoms with E-state index in [1.807, 2.05) is 13.8 Å². The number of nitrogens with zero attached hydrogens (tertiary/aromatic N) is 5. The Morgan fingerprint density at radius 2 is 1.66 bits per heavy atom. The highest BCUT2D eigenvalue weighted by atomic mass is 31.2. The molecule has 22 heteroatoms. The fraction of sp³-hybridized carbons (Fsp3) is 0.472. The number of anilines is 1. The van der Waals surface area contributed by atoms with Crippen molar-refractivity contribution >= 4 is 31.3 Å². The average Bonchev–Trinajstić information content (AvgIpc) is 3.99. The molecule has 0 amide bonds. The molecule has 2 aromatic carbocycles. The van der Waals surface area contributed by atoms with E-state index in [-0.39, 0.29) is 31.0 Å². The minimum absolute atomic E-state index is 0.0121. The summed E-state index contributed by atoms with van der Waals surface area (Å²) >= 11 is 0. The molecule has 0 spiro atoms. The molecule has 1 aromatic heterocycles. The molecule has 3 saturated heterocycles. The summed E-state index contributed by atoms with van der Waals surface area (Å²) in [6, 6.07) is 16.3. The quantitative estimate of drug-likeness (QED) is 0.0139. The van der Waals surface area contributed by atoms with Gasteiger partial charge in [-0.15, -0.1) is 4.89 Å². The second kappa shape index (κ2) is 17.6. The molecule has 3 aliphatic heterocycles. The molecule has 21 nitrogen and oxygen atoms in total. The monoisotopic (exact) mass is 827 g/mol. The highest BCUT2D eigenvalue weighted by molar-refractivity contribution is 7.68. The van der Waals surface area contributed by atoms with E-state index < -0.39 is 72.7 Å². The van der Waals surface area contributed by atoms with Crippen LogP contribution < -0.4 is 21.8 Å². The number of nitrogens with one attached hydrogen (secondary N) is 1. The molecule has 58 heavy (non-hydrogen) atoms. The van der Waals surface area contributed by atoms with Gasteiger partial charge in [0.25, 0.3) is 5.72 Å². The second-order valence-corrected chi connectivity index (χ2v) is 15.4. The van der Waals surface area contributed by atoms with Crippen LogP contribution in [-0.2, 0) is 63.3 Å². The Bertz CT molecular complexity index is 2110. The van der Waals surface area contributed by atoms with Crippen LogP contribution in [0.4, 0.5) is 5.82 Å². The van der Waals surface area contributed by atoms with Crippen LogP contribution in [0.3, 0.4) is 0 Å². The lowest BCUT2D eigenvalue weighted by molar-refractivity contribution is -0.478. The second-order valence-electron chi connectivity index (χ2n) is 13.4. The van der Waals surface area contributed by atoms with Crippen LogP contribution in [-0.4, -0.2) is 62.7 Å². The van der Waals surface area contributed by atoms with Gasteiger partial charge >= 0.3 is 42.5 Å². The molecule has 0 saturated carbocycles. The summed E-state index contributed by atoms with van der Waals surface area (Å²) in [6.45, 7) is 4.85. The van der Waals surface area contributed by atoms with Gasteiger partial charge in [-0.1, -0.05) is 75.2 Å². The van der Waals surface area contributed by atoms with Gasteiger partial charge in [-0.3, -0.25) is 37.4 Å². The smallest absolute Gasteiger partial charge is 0.403 e. The zero-order valence-corrected chi connectivity index (χ0v) is 32.6. The zero-order valence-electron chi connectivity index (χ0n) is 31.7. The topological polar surface area (TPSA) is 280 Å². The van der Waals surface area contributed by atoms with Gasteiger partial charge in [0, 0.05) is 24.0 Å². The van der Waals surface area contributed by atoms with Crippen LogP contribution in [0, 0.1) is 0 Å². The van der Waals surface area contributed by atoms with E-state index in [1.54, 1.807) is 48.5 Å². The van der Waals surface area contributed by atoms with Crippen LogP contribution in [0.1, 0.15) is 71.1 Å². The Morgan fingerprint density at radius 1 is 1.03 bits per heavy atom. The fourth-order valence-electron chi connectivity index (χ4n) is 6.06. The van der Waals surface area contributed by atoms with Gasteiger partial charge in [-0.2, -0.15) is 10.5 Å². The van der Waals surface area contributed by atoms with Crippen molar-refractivity contribution in [3.05, 3.63) is 99.4 Å². The fourth-order valence-corrected chi connectivity index (χ4v) is 7.89. The zero-order chi connectivity index (χ0) is 41.6. The molecule has 310 valence electrons. The number of rotatable bonds is 21. The molecular weight excluding hydrogens is 785 g/mol. The summed E-state index contributed by atoms with van der Waals surface area (Å²) in [6.07, 6.45) is -3.21. The molecule has 0 bridgehead atoms. The first kappa shape index (κ1) is 42.2. The number of ether oxygens (including phenoxy) is 4. The van der Waals surface area contributed by atoms with Crippen molar-refractivity contribution in [1.82, 2.24) is 15.0 Å². The van der Waals surface area contributed by atoms with E-state index >= 15 is 0 Å². The number of nitrogen functional groups attached to an aromatic ring is 1. The molecule has 3 aliphatic rings. The van der Waals surface area contributed by atoms with Crippen molar-refractivity contribution in [3.8, 4) is 5.75 Å². The minimum atomic E-state index is -4.19. The number of para-hydroxylation sites is 1. The summed E-state index contributed by atoms with van der Waals surface area (Å²) < 4.78 is 49.5. The van der Waals surface area contributed by atoms with Gasteiger partial charge in [0.05, 0.1) is 0 Å². The number of hydrogen-bond donors (Lipinski definition) is 2. The van der Waals surface area contributed by atoms with E-state index in [1.165, 1.54) is 25.1 Å². The normalized spacial score (nSPS) is 26.8. The number of nitrogens with two attached hydrogens (primary N) is 1. The number of benzene rings is 2. The number of carbonyl (C=O) groups excluding carboxylic acids is 3. The van der Waals surface area contributed by atoms with Gasteiger partial charge in [0.1, 0.15) is 18.5 Å². The van der Waals surface area contributed by atoms with Gasteiger partial charge < -0.3 is 29.6 Å². The molecule has 3 aromatic rings. The van der Waals surface area contributed by atoms with E-state index in [2.05, 4.69) is 20.5 Å². The van der Waals surface area contributed by atoms with Crippen molar-refractivity contribution in [2.75, 3.05) is 5.73 Å². The minimum Gasteiger partial charge on any atom is -0.460 e. The SMILES string of the molecule is CCCCC(=O)O[C@H]1[C@H](n2ccc(N)nc2=O)O[C@@](N=[N+]=[N-])(C(ON[C@@H](C)C(=O)OCc2ccccc2)(OOc2ccccc2)C23OP2(=O)O3)[C@H]1OC(=O)CCCC. The first-order valence-electron chi connectivity index (χ1n) is 18.4. The predicted molar refractivity (Wildman–Crippen MR) is 197 cm³/mol. The van der Waals surface area contributed by atoms with Crippen LogP contribution in [0.25, 0.3) is 10.4 Å². The lowest BCUT2D eigenvalue weighted by Crippen LogP contribution is -2.70. The standard InChI is InChI=1S/C36H42N7O14P/c1-4-6-18-27(44)50-29-30(51-28(45)19-7-5-2)34(41-42-38,52-31(29)43-21-20-26(37)39-33(43)47)35(36-56-58(36,48)57-36,55-53-25-16-12-9-13-17-25)54-40-23(3)32(46)49-22-24-14-10-8-11-15-24/h8-17,20-21,23,29-31,40H,4-7,18-19,22H2,1-3H3,(H2,37,39,47)/t23-,29+,30-,31+,34+,35?,36?,58?/m0/s1. The number of esters is 3. The lowest BCUT2D eigenvalue weighted by atomic mass is 9.93. The third-order valence-electron chi connectivity index (χ3n) is 9.21. The van der Waals surface area contributed by atoms with Crippen LogP contribution in [0.2, 0.25) is 0 Å². The molecule has 0 aliphatic carbocycles. The van der Waals surface area contributed by atoms with Crippen LogP contribution in [0.15, 0.2) is 82.8 Å². The Labute approximate surface area is 331 Å². The van der Waals surface area contributed by atoms with Gasteiger partial charge in [0.15, 0.2) is 24.2 Å². The summed E-state index contributed by atoms with van der Waals surface area (Å²) in [7, 11) is -4.19. The van der Waals surface area contributed by atoms with Gasteiger partial charge in [0.2, 0.25) is 0 Å². The summed E-state index contributed by atoms with van der Waals surface area (Å²) in [5.41, 5.74) is 12.5. The van der Waals surface area contributed by atoms with Crippen molar-refractivity contribution in [2.24, 2.45) is 5.11 Å². The largest absolute Gasteiger partial charge is 0.460 e. The molecule has 1 unspecified atom stereocenters. The third-order valence-corrected chi connectivity index (χ3v) is 11.1. The van der Waals surface area contributed by atoms with Gasteiger partial charge in [-0.25, -0.2) is 4.79 Å². The first-order chi connectivity index (χ1) is 27.9. The third kappa shape index (κ3) is 8.29. The Balaban J connectivity index is 1.51. The maximum Gasteiger partial charge on any atom is 0.403 e. The summed E-state index contributed by atoms with van der Waals surface area (Å²) in [5.74, 6) is -5.98. The van der Waals surface area contributed by atoms with E-state index in [0.717, 1.165) is 10.8 Å². The van der Waals surface area contributed by atoms with Crippen molar-refractivity contribution in [1.29, 1.82) is 0 Å². The molecular formula is C36H42N7O14P. The summed E-state index contributed by atoms with van der Waals surface area (Å²) in [4.78, 5) is 78.4.